The number of carbonyl (C=O) groups excluding carboxylic acids is 1. The normalized spacial score (nSPS) is 11.7. The Balaban J connectivity index is 2.02. The van der Waals surface area contributed by atoms with Crippen molar-refractivity contribution in [3.63, 3.8) is 0 Å². The highest BCUT2D eigenvalue weighted by atomic mass is 16.5. The summed E-state index contributed by atoms with van der Waals surface area (Å²) < 4.78 is 11.4. The summed E-state index contributed by atoms with van der Waals surface area (Å²) in [6, 6.07) is 15.0. The van der Waals surface area contributed by atoms with Crippen LogP contribution in [0.2, 0.25) is 0 Å². The molecule has 0 radical (unpaired) electrons. The highest BCUT2D eigenvalue weighted by molar-refractivity contribution is 5.94. The van der Waals surface area contributed by atoms with E-state index in [-0.39, 0.29) is 5.91 Å². The summed E-state index contributed by atoms with van der Waals surface area (Å²) in [7, 11) is 0. The molecule has 0 aliphatic carbocycles. The first-order valence-corrected chi connectivity index (χ1v) is 8.41. The highest BCUT2D eigenvalue weighted by Crippen LogP contribution is 2.27. The minimum atomic E-state index is -0.613. The Hall–Kier alpha value is -2.75. The molecule has 1 atom stereocenters. The fraction of sp³-hybridized carbons (Fsp3) is 0.286. The average molecular weight is 339 g/mol. The van der Waals surface area contributed by atoms with Crippen LogP contribution in [0, 0.1) is 0 Å². The van der Waals surface area contributed by atoms with Crippen LogP contribution in [-0.4, -0.2) is 18.6 Å². The molecular weight excluding hydrogens is 314 g/mol. The molecule has 1 amide bonds. The van der Waals surface area contributed by atoms with Crippen molar-refractivity contribution >= 4 is 11.6 Å². The summed E-state index contributed by atoms with van der Waals surface area (Å²) in [5.41, 5.74) is 1.75. The summed E-state index contributed by atoms with van der Waals surface area (Å²) in [5.74, 6) is 1.53. The van der Waals surface area contributed by atoms with Crippen LogP contribution in [0.15, 0.2) is 61.2 Å². The van der Waals surface area contributed by atoms with E-state index < -0.39 is 6.10 Å². The van der Waals surface area contributed by atoms with E-state index >= 15 is 0 Å². The predicted octanol–water partition coefficient (Wildman–Crippen LogP) is 4.78. The SMILES string of the molecule is C=CCOc1cccc(NC(=O)[C@@H](C)Oc2ccccc2C(C)C)c1. The second kappa shape index (κ2) is 8.92. The molecule has 2 rings (SSSR count). The molecule has 4 nitrogen and oxygen atoms in total. The lowest BCUT2D eigenvalue weighted by Crippen LogP contribution is -2.30. The van der Waals surface area contributed by atoms with Crippen LogP contribution in [0.4, 0.5) is 5.69 Å². The number of hydrogen-bond donors (Lipinski definition) is 1. The number of nitrogens with one attached hydrogen (secondary N) is 1. The van der Waals surface area contributed by atoms with E-state index in [2.05, 4.69) is 25.7 Å². The summed E-state index contributed by atoms with van der Waals surface area (Å²) >= 11 is 0. The van der Waals surface area contributed by atoms with Crippen LogP contribution in [0.3, 0.4) is 0 Å². The summed E-state index contributed by atoms with van der Waals surface area (Å²) in [5, 5.41) is 2.86. The fourth-order valence-electron chi connectivity index (χ4n) is 2.37. The minimum Gasteiger partial charge on any atom is -0.489 e. The standard InChI is InChI=1S/C21H25NO3/c1-5-13-24-18-10-8-9-17(14-18)22-21(23)16(4)25-20-12-7-6-11-19(20)15(2)3/h5-12,14-16H,1,13H2,2-4H3,(H,22,23)/t16-/m1/s1. The van der Waals surface area contributed by atoms with Crippen LogP contribution in [0.1, 0.15) is 32.3 Å². The van der Waals surface area contributed by atoms with E-state index in [1.165, 1.54) is 0 Å². The number of carbonyl (C=O) groups is 1. The first-order valence-electron chi connectivity index (χ1n) is 8.41. The molecule has 0 aliphatic heterocycles. The lowest BCUT2D eigenvalue weighted by Gasteiger charge is -2.19. The summed E-state index contributed by atoms with van der Waals surface area (Å²) in [6.07, 6.45) is 1.06. The van der Waals surface area contributed by atoms with E-state index in [9.17, 15) is 4.79 Å². The van der Waals surface area contributed by atoms with Gasteiger partial charge in [0.2, 0.25) is 0 Å². The molecule has 0 unspecified atom stereocenters. The third-order valence-corrected chi connectivity index (χ3v) is 3.68. The topological polar surface area (TPSA) is 47.6 Å². The van der Waals surface area contributed by atoms with Gasteiger partial charge in [-0.25, -0.2) is 0 Å². The third-order valence-electron chi connectivity index (χ3n) is 3.68. The van der Waals surface area contributed by atoms with Crippen molar-refractivity contribution in [1.29, 1.82) is 0 Å². The number of para-hydroxylation sites is 1. The highest BCUT2D eigenvalue weighted by Gasteiger charge is 2.17. The monoisotopic (exact) mass is 339 g/mol. The van der Waals surface area contributed by atoms with Crippen molar-refractivity contribution in [2.24, 2.45) is 0 Å². The molecule has 0 saturated carbocycles. The van der Waals surface area contributed by atoms with Crippen LogP contribution in [-0.2, 0) is 4.79 Å². The largest absolute Gasteiger partial charge is 0.489 e. The molecule has 1 N–H and O–H groups in total. The number of benzene rings is 2. The van der Waals surface area contributed by atoms with Crippen molar-refractivity contribution in [3.05, 3.63) is 66.7 Å². The number of ether oxygens (including phenoxy) is 2. The second-order valence-electron chi connectivity index (χ2n) is 6.07. The molecule has 132 valence electrons. The number of hydrogen-bond acceptors (Lipinski definition) is 3. The van der Waals surface area contributed by atoms with Gasteiger partial charge in [0.1, 0.15) is 18.1 Å². The lowest BCUT2D eigenvalue weighted by molar-refractivity contribution is -0.122. The van der Waals surface area contributed by atoms with Gasteiger partial charge in [-0.15, -0.1) is 0 Å². The maximum atomic E-state index is 12.4. The number of anilines is 1. The molecule has 25 heavy (non-hydrogen) atoms. The van der Waals surface area contributed by atoms with Crippen molar-refractivity contribution in [2.45, 2.75) is 32.8 Å². The van der Waals surface area contributed by atoms with Crippen molar-refractivity contribution in [2.75, 3.05) is 11.9 Å². The minimum absolute atomic E-state index is 0.209. The van der Waals surface area contributed by atoms with Gasteiger partial charge in [0, 0.05) is 11.8 Å². The number of rotatable bonds is 8. The van der Waals surface area contributed by atoms with Crippen molar-refractivity contribution < 1.29 is 14.3 Å². The van der Waals surface area contributed by atoms with Gasteiger partial charge >= 0.3 is 0 Å². The van der Waals surface area contributed by atoms with E-state index in [0.29, 0.717) is 24.0 Å². The van der Waals surface area contributed by atoms with Gasteiger partial charge in [-0.1, -0.05) is 50.8 Å². The molecular formula is C21H25NO3. The van der Waals surface area contributed by atoms with Gasteiger partial charge in [0.05, 0.1) is 0 Å². The first-order chi connectivity index (χ1) is 12.0. The average Bonchev–Trinajstić information content (AvgIpc) is 2.60. The molecule has 0 heterocycles. The molecule has 0 saturated heterocycles. The van der Waals surface area contributed by atoms with Crippen LogP contribution in [0.5, 0.6) is 11.5 Å². The molecule has 0 aliphatic rings. The molecule has 0 bridgehead atoms. The van der Waals surface area contributed by atoms with Gasteiger partial charge < -0.3 is 14.8 Å². The third kappa shape index (κ3) is 5.38. The Morgan fingerprint density at radius 2 is 1.92 bits per heavy atom. The Bertz CT molecular complexity index is 725. The molecule has 0 fully saturated rings. The van der Waals surface area contributed by atoms with E-state index in [1.54, 1.807) is 19.1 Å². The van der Waals surface area contributed by atoms with Gasteiger partial charge in [0.25, 0.3) is 5.91 Å². The number of amides is 1. The van der Waals surface area contributed by atoms with Crippen molar-refractivity contribution in [3.8, 4) is 11.5 Å². The second-order valence-corrected chi connectivity index (χ2v) is 6.07. The smallest absolute Gasteiger partial charge is 0.265 e. The maximum Gasteiger partial charge on any atom is 0.265 e. The Morgan fingerprint density at radius 1 is 1.16 bits per heavy atom. The first kappa shape index (κ1) is 18.6. The predicted molar refractivity (Wildman–Crippen MR) is 101 cm³/mol. The zero-order chi connectivity index (χ0) is 18.2. The Labute approximate surface area is 149 Å². The van der Waals surface area contributed by atoms with E-state index in [1.807, 2.05) is 42.5 Å². The van der Waals surface area contributed by atoms with Crippen LogP contribution < -0.4 is 14.8 Å². The van der Waals surface area contributed by atoms with Crippen LogP contribution in [0.25, 0.3) is 0 Å². The molecule has 0 spiro atoms. The zero-order valence-corrected chi connectivity index (χ0v) is 15.0. The molecule has 0 aromatic heterocycles. The van der Waals surface area contributed by atoms with Gasteiger partial charge in [-0.05, 0) is 36.6 Å². The van der Waals surface area contributed by atoms with E-state index in [0.717, 1.165) is 11.3 Å². The molecule has 2 aromatic rings. The molecule has 2 aromatic carbocycles. The van der Waals surface area contributed by atoms with E-state index in [4.69, 9.17) is 9.47 Å². The van der Waals surface area contributed by atoms with Gasteiger partial charge in [-0.2, -0.15) is 0 Å². The fourth-order valence-corrected chi connectivity index (χ4v) is 2.37. The van der Waals surface area contributed by atoms with Gasteiger partial charge in [-0.3, -0.25) is 4.79 Å². The maximum absolute atomic E-state index is 12.4. The Kier molecular flexibility index (Phi) is 6.63. The lowest BCUT2D eigenvalue weighted by atomic mass is 10.0. The van der Waals surface area contributed by atoms with Crippen LogP contribution >= 0.6 is 0 Å². The zero-order valence-electron chi connectivity index (χ0n) is 15.0. The summed E-state index contributed by atoms with van der Waals surface area (Å²) in [4.78, 5) is 12.4. The quantitative estimate of drug-likeness (QED) is 0.704. The van der Waals surface area contributed by atoms with Crippen molar-refractivity contribution in [1.82, 2.24) is 0 Å². The Morgan fingerprint density at radius 3 is 2.64 bits per heavy atom. The molecule has 4 heteroatoms. The summed E-state index contributed by atoms with van der Waals surface area (Å²) in [6.45, 7) is 9.98. The van der Waals surface area contributed by atoms with Gasteiger partial charge in [0.15, 0.2) is 6.10 Å².